The lowest BCUT2D eigenvalue weighted by molar-refractivity contribution is 0.0265. The van der Waals surface area contributed by atoms with Gasteiger partial charge in [0, 0.05) is 21.6 Å². The summed E-state index contributed by atoms with van der Waals surface area (Å²) in [6.07, 6.45) is 2.27. The van der Waals surface area contributed by atoms with Crippen LogP contribution in [0.4, 0.5) is 0 Å². The van der Waals surface area contributed by atoms with E-state index in [1.807, 2.05) is 36.4 Å². The third-order valence-electron chi connectivity index (χ3n) is 3.83. The number of pyridine rings is 1. The Bertz CT molecular complexity index is 657. The number of hydrogen-bond donors (Lipinski definition) is 1. The SMILES string of the molecule is CC1(C)COc2ccc(Br)cc2C(O)(c2ccccn2)C1. The zero-order valence-electron chi connectivity index (χ0n) is 12.1. The molecule has 21 heavy (non-hydrogen) atoms. The summed E-state index contributed by atoms with van der Waals surface area (Å²) in [5.74, 6) is 0.719. The van der Waals surface area contributed by atoms with E-state index in [1.54, 1.807) is 6.20 Å². The lowest BCUT2D eigenvalue weighted by Crippen LogP contribution is -2.34. The van der Waals surface area contributed by atoms with Crippen LogP contribution in [-0.4, -0.2) is 16.7 Å². The van der Waals surface area contributed by atoms with Gasteiger partial charge in [-0.2, -0.15) is 0 Å². The van der Waals surface area contributed by atoms with Crippen LogP contribution >= 0.6 is 15.9 Å². The molecule has 1 aromatic heterocycles. The molecule has 1 aromatic carbocycles. The molecule has 1 aliphatic heterocycles. The van der Waals surface area contributed by atoms with E-state index >= 15 is 0 Å². The second-order valence-electron chi connectivity index (χ2n) is 6.35. The Morgan fingerprint density at radius 3 is 2.76 bits per heavy atom. The first kappa shape index (κ1) is 14.5. The fraction of sp³-hybridized carbons (Fsp3) is 0.353. The lowest BCUT2D eigenvalue weighted by Gasteiger charge is -2.32. The van der Waals surface area contributed by atoms with Gasteiger partial charge in [-0.15, -0.1) is 0 Å². The number of fused-ring (bicyclic) bond motifs is 1. The van der Waals surface area contributed by atoms with E-state index in [2.05, 4.69) is 34.8 Å². The van der Waals surface area contributed by atoms with E-state index in [4.69, 9.17) is 4.74 Å². The number of benzene rings is 1. The summed E-state index contributed by atoms with van der Waals surface area (Å²) < 4.78 is 6.84. The maximum Gasteiger partial charge on any atom is 0.136 e. The highest BCUT2D eigenvalue weighted by Gasteiger charge is 2.43. The molecule has 0 fully saturated rings. The Morgan fingerprint density at radius 2 is 2.05 bits per heavy atom. The molecule has 0 saturated heterocycles. The van der Waals surface area contributed by atoms with E-state index in [-0.39, 0.29) is 5.41 Å². The standard InChI is InChI=1S/C17H18BrNO2/c1-16(2)10-17(20,15-5-3-4-8-19-15)13-9-12(18)6-7-14(13)21-11-16/h3-9,20H,10-11H2,1-2H3. The highest BCUT2D eigenvalue weighted by molar-refractivity contribution is 9.10. The van der Waals surface area contributed by atoms with Crippen LogP contribution in [0, 0.1) is 5.41 Å². The van der Waals surface area contributed by atoms with Crippen LogP contribution < -0.4 is 4.74 Å². The smallest absolute Gasteiger partial charge is 0.136 e. The molecule has 2 aromatic rings. The Kier molecular flexibility index (Phi) is 3.54. The van der Waals surface area contributed by atoms with Gasteiger partial charge in [0.25, 0.3) is 0 Å². The number of nitrogens with zero attached hydrogens (tertiary/aromatic N) is 1. The molecule has 0 amide bonds. The normalized spacial score (nSPS) is 23.8. The number of rotatable bonds is 1. The predicted molar refractivity (Wildman–Crippen MR) is 85.3 cm³/mol. The average Bonchev–Trinajstić information content (AvgIpc) is 2.55. The van der Waals surface area contributed by atoms with E-state index in [0.29, 0.717) is 18.7 Å². The van der Waals surface area contributed by atoms with Crippen molar-refractivity contribution in [2.75, 3.05) is 6.61 Å². The molecule has 1 N–H and O–H groups in total. The van der Waals surface area contributed by atoms with E-state index in [1.165, 1.54) is 0 Å². The van der Waals surface area contributed by atoms with E-state index in [9.17, 15) is 5.11 Å². The van der Waals surface area contributed by atoms with Crippen LogP contribution in [0.3, 0.4) is 0 Å². The zero-order chi connectivity index (χ0) is 15.1. The van der Waals surface area contributed by atoms with Crippen LogP contribution in [0.5, 0.6) is 5.75 Å². The molecule has 0 bridgehead atoms. The summed E-state index contributed by atoms with van der Waals surface area (Å²) in [7, 11) is 0. The van der Waals surface area contributed by atoms with Crippen molar-refractivity contribution in [2.45, 2.75) is 25.9 Å². The number of halogens is 1. The largest absolute Gasteiger partial charge is 0.493 e. The minimum atomic E-state index is -1.15. The van der Waals surface area contributed by atoms with Crippen molar-refractivity contribution < 1.29 is 9.84 Å². The Hall–Kier alpha value is -1.39. The van der Waals surface area contributed by atoms with E-state index < -0.39 is 5.60 Å². The Labute approximate surface area is 133 Å². The highest BCUT2D eigenvalue weighted by Crippen LogP contribution is 2.46. The third-order valence-corrected chi connectivity index (χ3v) is 4.32. The molecule has 1 unspecified atom stereocenters. The average molecular weight is 348 g/mol. The van der Waals surface area contributed by atoms with Crippen molar-refractivity contribution in [2.24, 2.45) is 5.41 Å². The van der Waals surface area contributed by atoms with Crippen molar-refractivity contribution in [3.05, 3.63) is 58.3 Å². The number of aliphatic hydroxyl groups is 1. The molecule has 3 nitrogen and oxygen atoms in total. The van der Waals surface area contributed by atoms with Gasteiger partial charge in [0.15, 0.2) is 0 Å². The first-order chi connectivity index (χ1) is 9.91. The quantitative estimate of drug-likeness (QED) is 0.850. The van der Waals surface area contributed by atoms with Gasteiger partial charge in [-0.3, -0.25) is 4.98 Å². The van der Waals surface area contributed by atoms with Crippen molar-refractivity contribution >= 4 is 15.9 Å². The summed E-state index contributed by atoms with van der Waals surface area (Å²) in [6, 6.07) is 11.4. The Morgan fingerprint density at radius 1 is 1.24 bits per heavy atom. The van der Waals surface area contributed by atoms with E-state index in [0.717, 1.165) is 15.8 Å². The van der Waals surface area contributed by atoms with Crippen LogP contribution in [-0.2, 0) is 5.60 Å². The highest BCUT2D eigenvalue weighted by atomic mass is 79.9. The third kappa shape index (κ3) is 2.70. The summed E-state index contributed by atoms with van der Waals surface area (Å²) >= 11 is 3.48. The second-order valence-corrected chi connectivity index (χ2v) is 7.26. The topological polar surface area (TPSA) is 42.4 Å². The summed E-state index contributed by atoms with van der Waals surface area (Å²) in [6.45, 7) is 4.76. The van der Waals surface area contributed by atoms with Crippen LogP contribution in [0.15, 0.2) is 47.1 Å². The van der Waals surface area contributed by atoms with Gasteiger partial charge in [0.1, 0.15) is 11.4 Å². The summed E-state index contributed by atoms with van der Waals surface area (Å²) in [5.41, 5.74) is 0.113. The number of ether oxygens (including phenoxy) is 1. The molecule has 0 aliphatic carbocycles. The maximum absolute atomic E-state index is 11.5. The van der Waals surface area contributed by atoms with Crippen molar-refractivity contribution in [1.29, 1.82) is 0 Å². The lowest BCUT2D eigenvalue weighted by atomic mass is 9.76. The van der Waals surface area contributed by atoms with Crippen LogP contribution in [0.2, 0.25) is 0 Å². The number of hydrogen-bond acceptors (Lipinski definition) is 3. The molecule has 110 valence electrons. The van der Waals surface area contributed by atoms with Crippen LogP contribution in [0.25, 0.3) is 0 Å². The Balaban J connectivity index is 2.23. The molecule has 4 heteroatoms. The minimum Gasteiger partial charge on any atom is -0.493 e. The van der Waals surface area contributed by atoms with Gasteiger partial charge in [-0.25, -0.2) is 0 Å². The molecule has 3 rings (SSSR count). The van der Waals surface area contributed by atoms with Crippen molar-refractivity contribution in [1.82, 2.24) is 4.98 Å². The first-order valence-corrected chi connectivity index (χ1v) is 7.77. The van der Waals surface area contributed by atoms with Crippen molar-refractivity contribution in [3.63, 3.8) is 0 Å². The molecule has 1 atom stereocenters. The summed E-state index contributed by atoms with van der Waals surface area (Å²) in [5, 5.41) is 11.5. The van der Waals surface area contributed by atoms with Crippen LogP contribution in [0.1, 0.15) is 31.5 Å². The molecular formula is C17H18BrNO2. The van der Waals surface area contributed by atoms with Gasteiger partial charge >= 0.3 is 0 Å². The van der Waals surface area contributed by atoms with Gasteiger partial charge in [0.05, 0.1) is 12.3 Å². The molecule has 0 radical (unpaired) electrons. The molecule has 0 saturated carbocycles. The first-order valence-electron chi connectivity index (χ1n) is 6.97. The monoisotopic (exact) mass is 347 g/mol. The minimum absolute atomic E-state index is 0.155. The molecular weight excluding hydrogens is 330 g/mol. The summed E-state index contributed by atoms with van der Waals surface area (Å²) in [4.78, 5) is 4.39. The van der Waals surface area contributed by atoms with Gasteiger partial charge < -0.3 is 9.84 Å². The maximum atomic E-state index is 11.5. The molecule has 2 heterocycles. The fourth-order valence-electron chi connectivity index (χ4n) is 2.90. The van der Waals surface area contributed by atoms with Crippen molar-refractivity contribution in [3.8, 4) is 5.75 Å². The predicted octanol–water partition coefficient (Wildman–Crippen LogP) is 3.89. The fourth-order valence-corrected chi connectivity index (χ4v) is 3.26. The zero-order valence-corrected chi connectivity index (χ0v) is 13.7. The number of aromatic nitrogens is 1. The van der Waals surface area contributed by atoms with Gasteiger partial charge in [-0.1, -0.05) is 35.8 Å². The molecule has 0 spiro atoms. The van der Waals surface area contributed by atoms with Gasteiger partial charge in [-0.05, 0) is 36.8 Å². The molecule has 1 aliphatic rings. The second kappa shape index (κ2) is 5.11. The van der Waals surface area contributed by atoms with Gasteiger partial charge in [0.2, 0.25) is 0 Å².